The molecule has 0 aliphatic carbocycles. The van der Waals surface area contributed by atoms with Crippen molar-refractivity contribution >= 4 is 61.0 Å². The molecule has 0 bridgehead atoms. The number of ether oxygens (including phenoxy) is 3. The number of hydrogen-bond donors (Lipinski definition) is 3. The molecule has 67 heavy (non-hydrogen) atoms. The first-order valence-electron chi connectivity index (χ1n) is 19.7. The zero-order chi connectivity index (χ0) is 47.8. The Morgan fingerprint density at radius 2 is 1.10 bits per heavy atom. The summed E-state index contributed by atoms with van der Waals surface area (Å²) in [5.41, 5.74) is 3.65. The average molecular weight is 1260 g/mol. The van der Waals surface area contributed by atoms with Crippen LogP contribution in [0.5, 0.6) is 11.5 Å². The number of rotatable bonds is 24. The maximum absolute atomic E-state index is 8.69. The zero-order valence-corrected chi connectivity index (χ0v) is 45.6. The van der Waals surface area contributed by atoms with Crippen molar-refractivity contribution in [3.63, 3.8) is 0 Å². The fourth-order valence-electron chi connectivity index (χ4n) is 5.19. The third kappa shape index (κ3) is 31.8. The van der Waals surface area contributed by atoms with E-state index in [-0.39, 0.29) is 45.0 Å². The van der Waals surface area contributed by atoms with E-state index in [0.717, 1.165) is 48.9 Å². The molecule has 0 aliphatic rings. The van der Waals surface area contributed by atoms with Gasteiger partial charge in [-0.2, -0.15) is 0 Å². The van der Waals surface area contributed by atoms with Crippen molar-refractivity contribution in [1.29, 1.82) is 0 Å². The summed E-state index contributed by atoms with van der Waals surface area (Å²) in [4.78, 5) is 15.8. The molecule has 5 aromatic rings. The standard InChI is InChI=1S/C19H27BNO5Si.C9H11BNO3.C9H10BrNO.C6H6BrNO.CH4.Na.2O.Pt.H/c1-3-24-27(25-4-2,19-9-6-5-7-10-19)12-8-11-23-16-17-13-18(26-20-22)15-21-14-17;1-2-3-13-7-8-4-9(14-10-12)6-11-5-8;1-2-3-12-7-8-4-9(10)6-11-5-8;7-6-1-5(4-9)2-8-3-6;;;;;;/h5-7,9-10,13-15,22H,3-4,8,11-12,16H2,1-2H3;2,4-6,12H,1,3,7H2;2,4-6H,1,3,7H2;1-3,9H,4H2;1H4;;;;;/q;;;;;+1;;;;-1. The van der Waals surface area contributed by atoms with Gasteiger partial charge in [-0.05, 0) is 110 Å². The maximum atomic E-state index is 8.69. The molecule has 362 valence electrons. The van der Waals surface area contributed by atoms with E-state index in [1.54, 1.807) is 61.5 Å². The van der Waals surface area contributed by atoms with Crippen LogP contribution in [0.2, 0.25) is 6.04 Å². The summed E-state index contributed by atoms with van der Waals surface area (Å²) in [5.74, 6) is 0.953. The molecule has 4 heterocycles. The van der Waals surface area contributed by atoms with Crippen LogP contribution < -0.4 is 44.1 Å². The van der Waals surface area contributed by atoms with Crippen molar-refractivity contribution in [1.82, 2.24) is 19.9 Å². The summed E-state index contributed by atoms with van der Waals surface area (Å²) < 4.78 is 57.1. The van der Waals surface area contributed by atoms with Crippen molar-refractivity contribution < 1.29 is 104 Å². The second-order valence-electron chi connectivity index (χ2n) is 12.5. The van der Waals surface area contributed by atoms with Gasteiger partial charge in [0.15, 0.2) is 0 Å². The minimum atomic E-state index is -2.46. The summed E-state index contributed by atoms with van der Waals surface area (Å²) in [6.45, 7) is 15.5. The molecule has 16 nitrogen and oxygen atoms in total. The number of nitrogens with zero attached hydrogens (tertiary/aromatic N) is 4. The molecule has 0 amide bonds. The number of aromatic nitrogens is 4. The molecular weight excluding hydrogens is 1200 g/mol. The molecule has 23 heteroatoms. The van der Waals surface area contributed by atoms with E-state index in [9.17, 15) is 0 Å². The van der Waals surface area contributed by atoms with Crippen molar-refractivity contribution in [2.75, 3.05) is 33.0 Å². The van der Waals surface area contributed by atoms with Crippen LogP contribution in [0, 0.1) is 0 Å². The van der Waals surface area contributed by atoms with Gasteiger partial charge in [0.05, 0.1) is 52.0 Å². The quantitative estimate of drug-likeness (QED) is 0.0444. The van der Waals surface area contributed by atoms with E-state index in [1.165, 1.54) is 12.4 Å². The Morgan fingerprint density at radius 3 is 1.51 bits per heavy atom. The van der Waals surface area contributed by atoms with Crippen LogP contribution in [0.4, 0.5) is 0 Å². The van der Waals surface area contributed by atoms with Gasteiger partial charge in [-0.25, -0.2) is 0 Å². The Hall–Kier alpha value is -2.82. The second kappa shape index (κ2) is 44.4. The third-order valence-corrected chi connectivity index (χ3v) is 12.3. The SMILES string of the molecule is C.C=CCOCc1cncc(Br)c1.C=CCOCc1cncc(O[B]O)c1.CCO[Si](CCCOCc1cncc(O[B]O)c1)(OCC)c1ccccc1.OCc1cncc(Br)c1.[H-].[Na+].[O]=[Pt]=[O]. The molecular formula is C44H59B2Br2N4NaO12PtSi. The second-order valence-corrected chi connectivity index (χ2v) is 17.9. The Labute approximate surface area is 446 Å². The fourth-order valence-corrected chi connectivity index (χ4v) is 9.25. The third-order valence-electron chi connectivity index (χ3n) is 7.66. The van der Waals surface area contributed by atoms with Gasteiger partial charge >= 0.3 is 78.8 Å². The van der Waals surface area contributed by atoms with Crippen LogP contribution >= 0.6 is 31.9 Å². The molecule has 2 radical (unpaired) electrons. The van der Waals surface area contributed by atoms with E-state index in [1.807, 2.05) is 44.2 Å². The molecule has 0 saturated heterocycles. The Balaban J connectivity index is -0.000000871. The number of benzene rings is 1. The Bertz CT molecular complexity index is 2060. The molecule has 5 rings (SSSR count). The van der Waals surface area contributed by atoms with Crippen molar-refractivity contribution in [2.45, 2.75) is 60.2 Å². The number of pyridine rings is 4. The molecule has 0 fully saturated rings. The van der Waals surface area contributed by atoms with Gasteiger partial charge in [-0.3, -0.25) is 19.9 Å². The van der Waals surface area contributed by atoms with Crippen LogP contribution in [-0.2, 0) is 74.8 Å². The summed E-state index contributed by atoms with van der Waals surface area (Å²) in [6.07, 6.45) is 17.5. The fraction of sp³-hybridized carbons (Fsp3) is 0.318. The number of hydrogen-bond acceptors (Lipinski definition) is 16. The molecule has 1 aromatic carbocycles. The Kier molecular flexibility index (Phi) is 43.9. The van der Waals surface area contributed by atoms with E-state index >= 15 is 0 Å². The first kappa shape index (κ1) is 66.3. The van der Waals surface area contributed by atoms with Gasteiger partial charge in [0, 0.05) is 65.9 Å². The first-order valence-corrected chi connectivity index (χ1v) is 25.2. The number of halogens is 2. The monoisotopic (exact) mass is 1260 g/mol. The molecule has 0 aliphatic heterocycles. The van der Waals surface area contributed by atoms with Crippen LogP contribution in [0.3, 0.4) is 0 Å². The van der Waals surface area contributed by atoms with Crippen molar-refractivity contribution in [2.24, 2.45) is 0 Å². The van der Waals surface area contributed by atoms with Gasteiger partial charge in [-0.15, -0.1) is 13.2 Å². The van der Waals surface area contributed by atoms with Crippen molar-refractivity contribution in [3.05, 3.63) is 161 Å². The summed E-state index contributed by atoms with van der Waals surface area (Å²) >= 11 is 4.65. The van der Waals surface area contributed by atoms with E-state index < -0.39 is 27.1 Å². The summed E-state index contributed by atoms with van der Waals surface area (Å²) in [7, 11) is -1.21. The molecule has 0 spiro atoms. The predicted octanol–water partition coefficient (Wildman–Crippen LogP) is 4.40. The molecule has 0 saturated carbocycles. The van der Waals surface area contributed by atoms with E-state index in [0.29, 0.717) is 79.7 Å². The van der Waals surface area contributed by atoms with Gasteiger partial charge in [0.2, 0.25) is 0 Å². The average Bonchev–Trinajstić information content (AvgIpc) is 3.31. The zero-order valence-electron chi connectivity index (χ0n) is 38.2. The van der Waals surface area contributed by atoms with Crippen LogP contribution in [0.1, 0.15) is 51.4 Å². The number of aliphatic hydroxyl groups is 1. The number of aliphatic hydroxyl groups excluding tert-OH is 1. The Morgan fingerprint density at radius 1 is 0.687 bits per heavy atom. The van der Waals surface area contributed by atoms with E-state index in [4.69, 9.17) is 54.3 Å². The van der Waals surface area contributed by atoms with E-state index in [2.05, 4.69) is 77.1 Å². The van der Waals surface area contributed by atoms with Gasteiger partial charge in [-0.1, -0.05) is 49.9 Å². The summed E-state index contributed by atoms with van der Waals surface area (Å²) in [6, 6.07) is 18.4. The molecule has 3 N–H and O–H groups in total. The van der Waals surface area contributed by atoms with Crippen molar-refractivity contribution in [3.8, 4) is 11.5 Å². The molecule has 0 unspecified atom stereocenters. The van der Waals surface area contributed by atoms with Gasteiger partial charge in [0.25, 0.3) is 0 Å². The molecule has 4 aromatic heterocycles. The summed E-state index contributed by atoms with van der Waals surface area (Å²) in [5, 5.41) is 26.9. The minimum absolute atomic E-state index is 0. The van der Waals surface area contributed by atoms with Crippen LogP contribution in [0.15, 0.2) is 138 Å². The van der Waals surface area contributed by atoms with Gasteiger partial charge in [0.1, 0.15) is 11.5 Å². The van der Waals surface area contributed by atoms with Crippen LogP contribution in [0.25, 0.3) is 0 Å². The topological polar surface area (TPSA) is 211 Å². The molecule has 0 atom stereocenters. The van der Waals surface area contributed by atoms with Crippen LogP contribution in [-0.4, -0.2) is 92.1 Å². The predicted molar refractivity (Wildman–Crippen MR) is 259 cm³/mol. The van der Waals surface area contributed by atoms with Gasteiger partial charge < -0.3 is 49.0 Å². The normalized spacial score (nSPS) is 9.90. The first-order chi connectivity index (χ1) is 31.7.